The van der Waals surface area contributed by atoms with Crippen molar-refractivity contribution < 1.29 is 23.3 Å². The summed E-state index contributed by atoms with van der Waals surface area (Å²) in [7, 11) is -1.01. The number of rotatable bonds is 7. The quantitative estimate of drug-likeness (QED) is 0.250. The van der Waals surface area contributed by atoms with E-state index in [-0.39, 0.29) is 10.8 Å². The predicted octanol–water partition coefficient (Wildman–Crippen LogP) is 7.48. The molecule has 0 amide bonds. The van der Waals surface area contributed by atoms with Crippen LogP contribution in [-0.4, -0.2) is 25.0 Å². The van der Waals surface area contributed by atoms with Gasteiger partial charge in [-0.15, -0.1) is 0 Å². The van der Waals surface area contributed by atoms with Crippen LogP contribution in [0, 0.1) is 0 Å². The Hall–Kier alpha value is -1.16. The topological polar surface area (TPSA) is 54.0 Å². The van der Waals surface area contributed by atoms with Gasteiger partial charge in [-0.3, -0.25) is 0 Å². The molecule has 1 aromatic rings. The number of ether oxygens (including phenoxy) is 2. The van der Waals surface area contributed by atoms with Gasteiger partial charge in [0.15, 0.2) is 8.38 Å². The Morgan fingerprint density at radius 3 is 1.60 bits per heavy atom. The van der Waals surface area contributed by atoms with Gasteiger partial charge in [0.2, 0.25) is 0 Å². The number of carbonyl (C=O) groups is 1. The molecule has 0 atom stereocenters. The molecular weight excluding hydrogens is 399 g/mol. The lowest BCUT2D eigenvalue weighted by molar-refractivity contribution is 0.0199. The lowest BCUT2D eigenvalue weighted by atomic mass is 9.78. The smallest absolute Gasteiger partial charge is 0.428 e. The van der Waals surface area contributed by atoms with Crippen molar-refractivity contribution in [3.05, 3.63) is 28.8 Å². The molecule has 1 aromatic carbocycles. The third kappa shape index (κ3) is 8.53. The zero-order valence-electron chi connectivity index (χ0n) is 20.8. The second kappa shape index (κ2) is 10.4. The minimum Gasteiger partial charge on any atom is -0.428 e. The van der Waals surface area contributed by atoms with Gasteiger partial charge in [-0.25, -0.2) is 4.79 Å². The molecule has 0 aliphatic rings. The lowest BCUT2D eigenvalue weighted by Gasteiger charge is -2.31. The van der Waals surface area contributed by atoms with Crippen molar-refractivity contribution in [3.63, 3.8) is 0 Å². The first-order valence-electron chi connectivity index (χ1n) is 10.7. The van der Waals surface area contributed by atoms with Crippen LogP contribution in [0.3, 0.4) is 0 Å². The van der Waals surface area contributed by atoms with Crippen molar-refractivity contribution in [1.82, 2.24) is 0 Å². The molecule has 0 fully saturated rings. The zero-order chi connectivity index (χ0) is 23.3. The summed E-state index contributed by atoms with van der Waals surface area (Å²) in [6.07, 6.45) is 0.00716. The lowest BCUT2D eigenvalue weighted by Crippen LogP contribution is -2.28. The summed E-state index contributed by atoms with van der Waals surface area (Å²) < 4.78 is 22.9. The molecule has 0 aliphatic heterocycles. The molecule has 0 bridgehead atoms. The van der Waals surface area contributed by atoms with Gasteiger partial charge < -0.3 is 18.5 Å². The van der Waals surface area contributed by atoms with Crippen LogP contribution in [0.2, 0.25) is 0 Å². The van der Waals surface area contributed by atoms with Crippen LogP contribution in [0.15, 0.2) is 12.1 Å². The fraction of sp³-hybridized carbons (Fsp3) is 0.708. The van der Waals surface area contributed by atoms with Gasteiger partial charge in [0, 0.05) is 17.3 Å². The molecule has 0 saturated heterocycles. The van der Waals surface area contributed by atoms with Crippen molar-refractivity contribution in [3.8, 4) is 5.75 Å². The molecule has 0 radical (unpaired) electrons. The molecule has 0 aromatic heterocycles. The van der Waals surface area contributed by atoms with E-state index in [1.165, 1.54) is 0 Å². The number of benzene rings is 1. The van der Waals surface area contributed by atoms with Crippen molar-refractivity contribution >= 4 is 14.5 Å². The van der Waals surface area contributed by atoms with E-state index < -0.39 is 20.1 Å². The fourth-order valence-electron chi connectivity index (χ4n) is 2.92. The second-order valence-electron chi connectivity index (χ2n) is 10.4. The van der Waals surface area contributed by atoms with Crippen molar-refractivity contribution in [1.29, 1.82) is 0 Å². The molecule has 0 spiro atoms. The van der Waals surface area contributed by atoms with Crippen LogP contribution < -0.4 is 4.74 Å². The third-order valence-corrected chi connectivity index (χ3v) is 5.91. The fourth-order valence-corrected chi connectivity index (χ4v) is 4.24. The summed E-state index contributed by atoms with van der Waals surface area (Å²) >= 11 is 0. The number of hydrogen-bond donors (Lipinski definition) is 0. The van der Waals surface area contributed by atoms with E-state index in [9.17, 15) is 4.79 Å². The first-order valence-corrected chi connectivity index (χ1v) is 12.1. The summed E-state index contributed by atoms with van der Waals surface area (Å²) in [5.74, 6) is 0.588. The first kappa shape index (κ1) is 26.9. The summed E-state index contributed by atoms with van der Waals surface area (Å²) in [4.78, 5) is 12.5. The Bertz CT molecular complexity index is 667. The Morgan fingerprint density at radius 2 is 1.27 bits per heavy atom. The summed E-state index contributed by atoms with van der Waals surface area (Å²) in [5.41, 5.74) is 1.98. The number of hydrogen-bond acceptors (Lipinski definition) is 5. The summed E-state index contributed by atoms with van der Waals surface area (Å²) in [6.45, 7) is 23.4. The van der Waals surface area contributed by atoms with E-state index in [1.807, 2.05) is 34.6 Å². The maximum atomic E-state index is 12.5. The molecular formula is C24H41O5P. The summed E-state index contributed by atoms with van der Waals surface area (Å²) in [6, 6.07) is 4.23. The Labute approximate surface area is 184 Å². The van der Waals surface area contributed by atoms with Crippen LogP contribution in [0.5, 0.6) is 5.75 Å². The average Bonchev–Trinajstić information content (AvgIpc) is 2.52. The highest BCUT2D eigenvalue weighted by Crippen LogP contribution is 2.46. The molecule has 5 nitrogen and oxygen atoms in total. The van der Waals surface area contributed by atoms with Gasteiger partial charge in [-0.1, -0.05) is 53.7 Å². The van der Waals surface area contributed by atoms with Crippen LogP contribution in [0.4, 0.5) is 4.79 Å². The van der Waals surface area contributed by atoms with Crippen molar-refractivity contribution in [2.75, 3.05) is 13.2 Å². The largest absolute Gasteiger partial charge is 0.514 e. The molecule has 0 saturated carbocycles. The minimum absolute atomic E-state index is 0.229. The highest BCUT2D eigenvalue weighted by molar-refractivity contribution is 7.46. The Balaban J connectivity index is 3.53. The highest BCUT2D eigenvalue weighted by Gasteiger charge is 2.31. The maximum Gasteiger partial charge on any atom is 0.514 e. The Morgan fingerprint density at radius 1 is 0.833 bits per heavy atom. The van der Waals surface area contributed by atoms with Gasteiger partial charge in [-0.05, 0) is 51.0 Å². The summed E-state index contributed by atoms with van der Waals surface area (Å²) in [5, 5.41) is 0. The van der Waals surface area contributed by atoms with Gasteiger partial charge in [0.05, 0.1) is 13.2 Å². The molecule has 0 aliphatic carbocycles. The van der Waals surface area contributed by atoms with Crippen molar-refractivity contribution in [2.45, 2.75) is 98.8 Å². The standard InChI is InChI=1S/C24H41O5P/c1-12-26-30(27-13-2)16-17-14-18(22(3,4)5)20(19(15-17)23(6,7)8)28-21(25)29-24(9,10)11/h14-15H,12-13,16H2,1-11H3. The second-order valence-corrected chi connectivity index (χ2v) is 11.9. The minimum atomic E-state index is -1.01. The maximum absolute atomic E-state index is 12.5. The molecule has 30 heavy (non-hydrogen) atoms. The van der Waals surface area contributed by atoms with Crippen molar-refractivity contribution in [2.24, 2.45) is 0 Å². The van der Waals surface area contributed by atoms with Gasteiger partial charge in [0.25, 0.3) is 0 Å². The van der Waals surface area contributed by atoms with Crippen LogP contribution in [-0.2, 0) is 30.8 Å². The highest BCUT2D eigenvalue weighted by atomic mass is 31.2. The van der Waals surface area contributed by atoms with E-state index in [4.69, 9.17) is 18.5 Å². The van der Waals surface area contributed by atoms with Gasteiger partial charge >= 0.3 is 6.16 Å². The van der Waals surface area contributed by atoms with Gasteiger partial charge in [-0.2, -0.15) is 0 Å². The molecule has 1 rings (SSSR count). The van der Waals surface area contributed by atoms with Crippen LogP contribution in [0.1, 0.15) is 92.9 Å². The SMILES string of the molecule is CCOP(Cc1cc(C(C)(C)C)c(OC(=O)OC(C)(C)C)c(C(C)(C)C)c1)OCC. The molecule has 0 N–H and O–H groups in total. The van der Waals surface area contributed by atoms with E-state index in [0.717, 1.165) is 16.7 Å². The first-order chi connectivity index (χ1) is 13.6. The van der Waals surface area contributed by atoms with Crippen LogP contribution in [0.25, 0.3) is 0 Å². The normalized spacial score (nSPS) is 12.9. The van der Waals surface area contributed by atoms with E-state index in [1.54, 1.807) is 0 Å². The zero-order valence-corrected chi connectivity index (χ0v) is 21.7. The van der Waals surface area contributed by atoms with Crippen LogP contribution >= 0.6 is 8.38 Å². The molecule has 0 unspecified atom stereocenters. The van der Waals surface area contributed by atoms with E-state index >= 15 is 0 Å². The molecule has 0 heterocycles. The van der Waals surface area contributed by atoms with E-state index in [2.05, 4.69) is 53.7 Å². The average molecular weight is 441 g/mol. The van der Waals surface area contributed by atoms with Gasteiger partial charge in [0.1, 0.15) is 11.4 Å². The number of carbonyl (C=O) groups excluding carboxylic acids is 1. The molecule has 6 heteroatoms. The monoisotopic (exact) mass is 440 g/mol. The third-order valence-electron chi connectivity index (χ3n) is 4.20. The molecule has 172 valence electrons. The predicted molar refractivity (Wildman–Crippen MR) is 125 cm³/mol. The Kier molecular flexibility index (Phi) is 9.35. The van der Waals surface area contributed by atoms with E-state index in [0.29, 0.717) is 25.1 Å².